The molecule has 4 unspecified atom stereocenters. The molecule has 0 saturated carbocycles. The predicted molar refractivity (Wildman–Crippen MR) is 59.2 cm³/mol. The van der Waals surface area contributed by atoms with Gasteiger partial charge in [-0.15, -0.1) is 0 Å². The molecule has 4 nitrogen and oxygen atoms in total. The van der Waals surface area contributed by atoms with Crippen molar-refractivity contribution in [3.63, 3.8) is 0 Å². The minimum atomic E-state index is -0.432. The summed E-state index contributed by atoms with van der Waals surface area (Å²) in [5.41, 5.74) is 0. The predicted octanol–water partition coefficient (Wildman–Crippen LogP) is 0.846. The highest BCUT2D eigenvalue weighted by atomic mass is 16.5. The number of ether oxygens (including phenoxy) is 2. The number of hydrogen-bond donors (Lipinski definition) is 2. The zero-order valence-corrected chi connectivity index (χ0v) is 9.68. The van der Waals surface area contributed by atoms with Gasteiger partial charge in [0.15, 0.2) is 0 Å². The molecule has 2 aliphatic rings. The summed E-state index contributed by atoms with van der Waals surface area (Å²) < 4.78 is 10.8. The topological polar surface area (TPSA) is 58.9 Å². The standard InChI is InChI=1S/C12H22O4/c13-9(11-3-1-7-15-11)5-6-10(14)12-4-2-8-16-12/h9-14H,1-8H2. The smallest absolute Gasteiger partial charge is 0.0834 e. The van der Waals surface area contributed by atoms with E-state index in [0.29, 0.717) is 12.8 Å². The highest BCUT2D eigenvalue weighted by Gasteiger charge is 2.28. The summed E-state index contributed by atoms with van der Waals surface area (Å²) in [6.07, 6.45) is 4.27. The maximum absolute atomic E-state index is 9.86. The van der Waals surface area contributed by atoms with Crippen molar-refractivity contribution >= 4 is 0 Å². The van der Waals surface area contributed by atoms with Gasteiger partial charge in [0.1, 0.15) is 0 Å². The molecule has 2 heterocycles. The summed E-state index contributed by atoms with van der Waals surface area (Å²) in [6, 6.07) is 0. The molecule has 16 heavy (non-hydrogen) atoms. The van der Waals surface area contributed by atoms with Gasteiger partial charge in [-0.2, -0.15) is 0 Å². The zero-order valence-electron chi connectivity index (χ0n) is 9.68. The lowest BCUT2D eigenvalue weighted by molar-refractivity contribution is -0.0336. The Bertz CT molecular complexity index is 175. The van der Waals surface area contributed by atoms with Crippen molar-refractivity contribution in [2.45, 2.75) is 62.9 Å². The van der Waals surface area contributed by atoms with Crippen molar-refractivity contribution in [2.24, 2.45) is 0 Å². The van der Waals surface area contributed by atoms with Gasteiger partial charge in [-0.3, -0.25) is 0 Å². The summed E-state index contributed by atoms with van der Waals surface area (Å²) >= 11 is 0. The molecule has 2 rings (SSSR count). The van der Waals surface area contributed by atoms with Gasteiger partial charge in [-0.05, 0) is 38.5 Å². The molecule has 0 aromatic rings. The van der Waals surface area contributed by atoms with Gasteiger partial charge in [0.2, 0.25) is 0 Å². The van der Waals surface area contributed by atoms with Crippen LogP contribution in [0.2, 0.25) is 0 Å². The Kier molecular flexibility index (Phi) is 4.58. The molecule has 0 aromatic heterocycles. The first kappa shape index (κ1) is 12.3. The van der Waals surface area contributed by atoms with Gasteiger partial charge in [-0.1, -0.05) is 0 Å². The maximum Gasteiger partial charge on any atom is 0.0834 e. The van der Waals surface area contributed by atoms with Crippen LogP contribution in [0.1, 0.15) is 38.5 Å². The Labute approximate surface area is 96.6 Å². The number of aliphatic hydroxyl groups is 2. The largest absolute Gasteiger partial charge is 0.390 e. The molecular formula is C12H22O4. The Morgan fingerprint density at radius 1 is 0.875 bits per heavy atom. The lowest BCUT2D eigenvalue weighted by Gasteiger charge is -2.21. The van der Waals surface area contributed by atoms with E-state index in [9.17, 15) is 10.2 Å². The van der Waals surface area contributed by atoms with Crippen molar-refractivity contribution in [3.05, 3.63) is 0 Å². The van der Waals surface area contributed by atoms with Crippen LogP contribution in [0.4, 0.5) is 0 Å². The Hall–Kier alpha value is -0.160. The molecule has 0 amide bonds. The van der Waals surface area contributed by atoms with Gasteiger partial charge in [-0.25, -0.2) is 0 Å². The Morgan fingerprint density at radius 3 is 1.62 bits per heavy atom. The van der Waals surface area contributed by atoms with Crippen LogP contribution in [0.15, 0.2) is 0 Å². The second kappa shape index (κ2) is 5.96. The van der Waals surface area contributed by atoms with Crippen molar-refractivity contribution in [1.29, 1.82) is 0 Å². The van der Waals surface area contributed by atoms with Crippen LogP contribution < -0.4 is 0 Å². The molecule has 2 fully saturated rings. The van der Waals surface area contributed by atoms with E-state index in [1.807, 2.05) is 0 Å². The SMILES string of the molecule is OC(CCC(O)C1CCCO1)C1CCCO1. The van der Waals surface area contributed by atoms with E-state index in [0.717, 1.165) is 38.9 Å². The van der Waals surface area contributed by atoms with Crippen LogP contribution in [0, 0.1) is 0 Å². The third kappa shape index (κ3) is 3.17. The minimum absolute atomic E-state index is 0.0169. The van der Waals surface area contributed by atoms with Crippen LogP contribution in [-0.4, -0.2) is 47.8 Å². The number of aliphatic hydroxyl groups excluding tert-OH is 2. The molecule has 4 atom stereocenters. The minimum Gasteiger partial charge on any atom is -0.390 e. The van der Waals surface area contributed by atoms with Gasteiger partial charge in [0.05, 0.1) is 24.4 Å². The monoisotopic (exact) mass is 230 g/mol. The summed E-state index contributed by atoms with van der Waals surface area (Å²) in [6.45, 7) is 1.52. The maximum atomic E-state index is 9.86. The zero-order chi connectivity index (χ0) is 11.4. The third-order valence-corrected chi connectivity index (χ3v) is 3.55. The fourth-order valence-electron chi connectivity index (χ4n) is 2.53. The molecule has 4 heteroatoms. The van der Waals surface area contributed by atoms with Crippen molar-refractivity contribution in [2.75, 3.05) is 13.2 Å². The molecule has 2 aliphatic heterocycles. The van der Waals surface area contributed by atoms with Crippen LogP contribution in [-0.2, 0) is 9.47 Å². The summed E-state index contributed by atoms with van der Waals surface area (Å²) in [4.78, 5) is 0. The highest BCUT2D eigenvalue weighted by molar-refractivity contribution is 4.78. The fourth-order valence-corrected chi connectivity index (χ4v) is 2.53. The van der Waals surface area contributed by atoms with Crippen molar-refractivity contribution < 1.29 is 19.7 Å². The van der Waals surface area contributed by atoms with Gasteiger partial charge in [0, 0.05) is 13.2 Å². The lowest BCUT2D eigenvalue weighted by Crippen LogP contribution is -2.30. The van der Waals surface area contributed by atoms with Crippen LogP contribution in [0.5, 0.6) is 0 Å². The van der Waals surface area contributed by atoms with Crippen LogP contribution in [0.25, 0.3) is 0 Å². The van der Waals surface area contributed by atoms with E-state index in [1.54, 1.807) is 0 Å². The van der Waals surface area contributed by atoms with Crippen molar-refractivity contribution in [3.8, 4) is 0 Å². The third-order valence-electron chi connectivity index (χ3n) is 3.55. The average Bonchev–Trinajstić information content (AvgIpc) is 2.95. The van der Waals surface area contributed by atoms with Crippen LogP contribution >= 0.6 is 0 Å². The van der Waals surface area contributed by atoms with E-state index in [4.69, 9.17) is 9.47 Å². The second-order valence-electron chi connectivity index (χ2n) is 4.81. The quantitative estimate of drug-likeness (QED) is 0.735. The van der Waals surface area contributed by atoms with Crippen LogP contribution in [0.3, 0.4) is 0 Å². The lowest BCUT2D eigenvalue weighted by atomic mass is 10.00. The Balaban J connectivity index is 1.65. The fraction of sp³-hybridized carbons (Fsp3) is 1.00. The summed E-state index contributed by atoms with van der Waals surface area (Å²) in [5.74, 6) is 0. The molecule has 2 N–H and O–H groups in total. The van der Waals surface area contributed by atoms with E-state index in [2.05, 4.69) is 0 Å². The number of rotatable bonds is 5. The molecule has 0 aromatic carbocycles. The second-order valence-corrected chi connectivity index (χ2v) is 4.81. The molecule has 2 saturated heterocycles. The van der Waals surface area contributed by atoms with E-state index < -0.39 is 12.2 Å². The summed E-state index contributed by atoms with van der Waals surface area (Å²) in [7, 11) is 0. The first-order valence-corrected chi connectivity index (χ1v) is 6.36. The molecule has 0 spiro atoms. The van der Waals surface area contributed by atoms with E-state index in [1.165, 1.54) is 0 Å². The molecule has 0 aliphatic carbocycles. The van der Waals surface area contributed by atoms with Gasteiger partial charge >= 0.3 is 0 Å². The molecule has 94 valence electrons. The van der Waals surface area contributed by atoms with Crippen molar-refractivity contribution in [1.82, 2.24) is 0 Å². The normalized spacial score (nSPS) is 34.1. The average molecular weight is 230 g/mol. The van der Waals surface area contributed by atoms with Gasteiger partial charge in [0.25, 0.3) is 0 Å². The highest BCUT2D eigenvalue weighted by Crippen LogP contribution is 2.22. The summed E-state index contributed by atoms with van der Waals surface area (Å²) in [5, 5.41) is 19.7. The molecular weight excluding hydrogens is 208 g/mol. The molecule has 0 bridgehead atoms. The molecule has 0 radical (unpaired) electrons. The number of hydrogen-bond acceptors (Lipinski definition) is 4. The van der Waals surface area contributed by atoms with Gasteiger partial charge < -0.3 is 19.7 Å². The van der Waals surface area contributed by atoms with E-state index >= 15 is 0 Å². The Morgan fingerprint density at radius 2 is 1.31 bits per heavy atom. The van der Waals surface area contributed by atoms with E-state index in [-0.39, 0.29) is 12.2 Å². The first-order chi connectivity index (χ1) is 7.77. The first-order valence-electron chi connectivity index (χ1n) is 6.36.